The Morgan fingerprint density at radius 1 is 1.47 bits per heavy atom. The number of carbonyl (C=O) groups excluding carboxylic acids is 1. The molecular weight excluding hydrogens is 282 g/mol. The maximum absolute atomic E-state index is 11.2. The number of amides is 1. The summed E-state index contributed by atoms with van der Waals surface area (Å²) in [5.41, 5.74) is 4.39. The highest BCUT2D eigenvalue weighted by Gasteiger charge is 2.11. The number of hydrazine groups is 1. The van der Waals surface area contributed by atoms with Gasteiger partial charge in [0, 0.05) is 34.0 Å². The summed E-state index contributed by atoms with van der Waals surface area (Å²) in [6.07, 6.45) is 0.377. The molecule has 1 aromatic heterocycles. The minimum Gasteiger partial charge on any atom is -0.343 e. The van der Waals surface area contributed by atoms with Gasteiger partial charge in [-0.15, -0.1) is 0 Å². The molecule has 0 spiro atoms. The summed E-state index contributed by atoms with van der Waals surface area (Å²) in [7, 11) is 0. The Kier molecular flexibility index (Phi) is 3.49. The van der Waals surface area contributed by atoms with Crippen molar-refractivity contribution in [1.29, 1.82) is 0 Å². The molecule has 4 nitrogen and oxygen atoms in total. The molecule has 0 radical (unpaired) electrons. The first-order chi connectivity index (χ1) is 8.15. The van der Waals surface area contributed by atoms with Gasteiger partial charge in [0.15, 0.2) is 0 Å². The Bertz CT molecular complexity index is 562. The molecule has 0 saturated heterocycles. The zero-order chi connectivity index (χ0) is 12.4. The standard InChI is InChI=1S/C12H14BrN3O/c1-8-12(13)9-4-2-3-5-10(9)16(8)7-6-11(17)15-14/h2-5H,6-7,14H2,1H3,(H,15,17). The fourth-order valence-corrected chi connectivity index (χ4v) is 2.51. The quantitative estimate of drug-likeness (QED) is 0.517. The minimum atomic E-state index is -0.154. The molecule has 3 N–H and O–H groups in total. The summed E-state index contributed by atoms with van der Waals surface area (Å²) in [5, 5.41) is 1.16. The van der Waals surface area contributed by atoms with E-state index in [2.05, 4.69) is 32.0 Å². The number of halogens is 1. The van der Waals surface area contributed by atoms with Crippen LogP contribution in [0.1, 0.15) is 12.1 Å². The number of hydrogen-bond donors (Lipinski definition) is 2. The zero-order valence-electron chi connectivity index (χ0n) is 9.53. The Hall–Kier alpha value is -1.33. The maximum Gasteiger partial charge on any atom is 0.235 e. The Balaban J connectivity index is 2.39. The number of benzene rings is 1. The fourth-order valence-electron chi connectivity index (χ4n) is 1.96. The molecule has 1 aromatic carbocycles. The summed E-state index contributed by atoms with van der Waals surface area (Å²) in [5.74, 6) is 4.92. The second-order valence-corrected chi connectivity index (χ2v) is 4.68. The van der Waals surface area contributed by atoms with E-state index in [0.29, 0.717) is 13.0 Å². The number of rotatable bonds is 3. The number of aromatic nitrogens is 1. The third-order valence-electron chi connectivity index (χ3n) is 2.88. The first kappa shape index (κ1) is 12.1. The summed E-state index contributed by atoms with van der Waals surface area (Å²) >= 11 is 3.58. The van der Waals surface area contributed by atoms with Crippen molar-refractivity contribution in [3.8, 4) is 0 Å². The van der Waals surface area contributed by atoms with Gasteiger partial charge < -0.3 is 4.57 Å². The van der Waals surface area contributed by atoms with Crippen LogP contribution in [0.15, 0.2) is 28.7 Å². The molecule has 0 fully saturated rings. The average Bonchev–Trinajstić information content (AvgIpc) is 2.60. The van der Waals surface area contributed by atoms with Crippen LogP contribution >= 0.6 is 15.9 Å². The number of nitrogens with one attached hydrogen (secondary N) is 1. The van der Waals surface area contributed by atoms with Gasteiger partial charge in [0.2, 0.25) is 5.91 Å². The zero-order valence-corrected chi connectivity index (χ0v) is 11.1. The molecule has 1 amide bonds. The lowest BCUT2D eigenvalue weighted by atomic mass is 10.2. The van der Waals surface area contributed by atoms with Crippen LogP contribution in [0.2, 0.25) is 0 Å². The van der Waals surface area contributed by atoms with Crippen molar-refractivity contribution in [3.63, 3.8) is 0 Å². The highest BCUT2D eigenvalue weighted by atomic mass is 79.9. The molecule has 0 atom stereocenters. The number of aryl methyl sites for hydroxylation is 1. The van der Waals surface area contributed by atoms with Gasteiger partial charge in [0.05, 0.1) is 0 Å². The number of nitrogens with zero attached hydrogens (tertiary/aromatic N) is 1. The fraction of sp³-hybridized carbons (Fsp3) is 0.250. The third-order valence-corrected chi connectivity index (χ3v) is 3.88. The van der Waals surface area contributed by atoms with E-state index in [-0.39, 0.29) is 5.91 Å². The van der Waals surface area contributed by atoms with E-state index >= 15 is 0 Å². The van der Waals surface area contributed by atoms with Crippen molar-refractivity contribution < 1.29 is 4.79 Å². The van der Waals surface area contributed by atoms with Crippen molar-refractivity contribution in [2.75, 3.05) is 0 Å². The van der Waals surface area contributed by atoms with Crippen LogP contribution in [0, 0.1) is 6.92 Å². The van der Waals surface area contributed by atoms with Gasteiger partial charge in [-0.3, -0.25) is 10.2 Å². The molecule has 0 saturated carbocycles. The SMILES string of the molecule is Cc1c(Br)c2ccccc2n1CCC(=O)NN. The lowest BCUT2D eigenvalue weighted by molar-refractivity contribution is -0.121. The molecule has 0 aliphatic rings. The lowest BCUT2D eigenvalue weighted by Crippen LogP contribution is -2.30. The van der Waals surface area contributed by atoms with Gasteiger partial charge in [-0.2, -0.15) is 0 Å². The molecular formula is C12H14BrN3O. The van der Waals surface area contributed by atoms with Crippen LogP contribution < -0.4 is 11.3 Å². The average molecular weight is 296 g/mol. The maximum atomic E-state index is 11.2. The number of carbonyl (C=O) groups is 1. The summed E-state index contributed by atoms with van der Waals surface area (Å²) in [4.78, 5) is 11.2. The molecule has 2 aromatic rings. The van der Waals surface area contributed by atoms with E-state index in [0.717, 1.165) is 21.1 Å². The van der Waals surface area contributed by atoms with Crippen LogP contribution in [0.3, 0.4) is 0 Å². The normalized spacial score (nSPS) is 10.8. The summed E-state index contributed by atoms with van der Waals surface area (Å²) < 4.78 is 3.20. The monoisotopic (exact) mass is 295 g/mol. The minimum absolute atomic E-state index is 0.154. The molecule has 1 heterocycles. The van der Waals surface area contributed by atoms with Crippen LogP contribution in [0.25, 0.3) is 10.9 Å². The molecule has 17 heavy (non-hydrogen) atoms. The molecule has 90 valence electrons. The van der Waals surface area contributed by atoms with Crippen molar-refractivity contribution in [2.45, 2.75) is 19.9 Å². The van der Waals surface area contributed by atoms with Gasteiger partial charge in [-0.05, 0) is 28.9 Å². The van der Waals surface area contributed by atoms with Crippen LogP contribution in [0.5, 0.6) is 0 Å². The topological polar surface area (TPSA) is 60.0 Å². The second-order valence-electron chi connectivity index (χ2n) is 3.89. The Morgan fingerprint density at radius 3 is 2.88 bits per heavy atom. The molecule has 0 aliphatic carbocycles. The van der Waals surface area contributed by atoms with Gasteiger partial charge >= 0.3 is 0 Å². The first-order valence-electron chi connectivity index (χ1n) is 5.38. The Labute approximate surface area is 108 Å². The molecule has 0 unspecified atom stereocenters. The van der Waals surface area contributed by atoms with Gasteiger partial charge in [0.1, 0.15) is 0 Å². The first-order valence-corrected chi connectivity index (χ1v) is 6.17. The van der Waals surface area contributed by atoms with Crippen molar-refractivity contribution in [3.05, 3.63) is 34.4 Å². The number of fused-ring (bicyclic) bond motifs is 1. The van der Waals surface area contributed by atoms with Gasteiger partial charge in [-0.25, -0.2) is 5.84 Å². The van der Waals surface area contributed by atoms with Crippen LogP contribution in [0.4, 0.5) is 0 Å². The summed E-state index contributed by atoms with van der Waals surface area (Å²) in [6.45, 7) is 2.66. The molecule has 0 aliphatic heterocycles. The van der Waals surface area contributed by atoms with E-state index in [9.17, 15) is 4.79 Å². The molecule has 2 rings (SSSR count). The number of para-hydroxylation sites is 1. The Morgan fingerprint density at radius 2 is 2.18 bits per heavy atom. The van der Waals surface area contributed by atoms with Crippen LogP contribution in [-0.2, 0) is 11.3 Å². The highest BCUT2D eigenvalue weighted by Crippen LogP contribution is 2.30. The largest absolute Gasteiger partial charge is 0.343 e. The lowest BCUT2D eigenvalue weighted by Gasteiger charge is -2.07. The van der Waals surface area contributed by atoms with E-state index in [4.69, 9.17) is 5.84 Å². The van der Waals surface area contributed by atoms with Crippen LogP contribution in [-0.4, -0.2) is 10.5 Å². The third kappa shape index (κ3) is 2.21. The van der Waals surface area contributed by atoms with Gasteiger partial charge in [0.25, 0.3) is 0 Å². The van der Waals surface area contributed by atoms with Crippen molar-refractivity contribution >= 4 is 32.7 Å². The molecule has 5 heteroatoms. The van der Waals surface area contributed by atoms with E-state index < -0.39 is 0 Å². The van der Waals surface area contributed by atoms with E-state index in [1.807, 2.05) is 25.1 Å². The van der Waals surface area contributed by atoms with E-state index in [1.54, 1.807) is 0 Å². The second kappa shape index (κ2) is 4.89. The predicted molar refractivity (Wildman–Crippen MR) is 71.3 cm³/mol. The van der Waals surface area contributed by atoms with Crippen molar-refractivity contribution in [1.82, 2.24) is 9.99 Å². The number of nitrogens with two attached hydrogens (primary N) is 1. The van der Waals surface area contributed by atoms with Gasteiger partial charge in [-0.1, -0.05) is 18.2 Å². The smallest absolute Gasteiger partial charge is 0.235 e. The highest BCUT2D eigenvalue weighted by molar-refractivity contribution is 9.10. The predicted octanol–water partition coefficient (Wildman–Crippen LogP) is 2.09. The summed E-state index contributed by atoms with van der Waals surface area (Å²) in [6, 6.07) is 8.11. The van der Waals surface area contributed by atoms with Crippen molar-refractivity contribution in [2.24, 2.45) is 5.84 Å². The number of hydrogen-bond acceptors (Lipinski definition) is 2. The molecule has 0 bridgehead atoms. The van der Waals surface area contributed by atoms with E-state index in [1.165, 1.54) is 0 Å².